The number of rotatable bonds is 2. The third kappa shape index (κ3) is 2.99. The van der Waals surface area contributed by atoms with Gasteiger partial charge in [0.1, 0.15) is 5.82 Å². The maximum absolute atomic E-state index is 4.47. The van der Waals surface area contributed by atoms with Crippen LogP contribution in [0.4, 0.5) is 5.82 Å². The number of piperidine rings is 1. The predicted octanol–water partition coefficient (Wildman–Crippen LogP) is 4.22. The molecule has 0 bridgehead atoms. The van der Waals surface area contributed by atoms with Gasteiger partial charge in [0.15, 0.2) is 0 Å². The van der Waals surface area contributed by atoms with Crippen LogP contribution in [-0.4, -0.2) is 23.4 Å². The summed E-state index contributed by atoms with van der Waals surface area (Å²) in [6.07, 6.45) is 4.35. The van der Waals surface area contributed by atoms with Gasteiger partial charge < -0.3 is 4.90 Å². The summed E-state index contributed by atoms with van der Waals surface area (Å²) in [7, 11) is 0. The molecule has 0 aliphatic carbocycles. The molecule has 0 unspecified atom stereocenters. The number of hydrogen-bond acceptors (Lipinski definition) is 2. The second kappa shape index (κ2) is 5.83. The zero-order valence-corrected chi connectivity index (χ0v) is 13.6. The number of halogens is 3. The van der Waals surface area contributed by atoms with Crippen LogP contribution in [-0.2, 0) is 0 Å². The molecule has 1 aliphatic rings. The highest BCUT2D eigenvalue weighted by Gasteiger charge is 2.20. The number of anilines is 1. The molecule has 1 aromatic rings. The maximum Gasteiger partial charge on any atom is 0.142 e. The fraction of sp³-hybridized carbons (Fsp3) is 0.545. The van der Waals surface area contributed by atoms with E-state index in [0.29, 0.717) is 0 Å². The first-order chi connectivity index (χ1) is 7.70. The van der Waals surface area contributed by atoms with Crippen molar-refractivity contribution in [3.05, 3.63) is 21.2 Å². The molecule has 1 saturated heterocycles. The zero-order chi connectivity index (χ0) is 11.5. The summed E-state index contributed by atoms with van der Waals surface area (Å²) in [5, 5.41) is 1.12. The van der Waals surface area contributed by atoms with E-state index >= 15 is 0 Å². The van der Waals surface area contributed by atoms with Crippen LogP contribution in [0.25, 0.3) is 0 Å². The summed E-state index contributed by atoms with van der Waals surface area (Å²) < 4.78 is 2.08. The molecule has 2 rings (SSSR count). The molecule has 0 amide bonds. The quantitative estimate of drug-likeness (QED) is 0.676. The topological polar surface area (TPSA) is 16.1 Å². The molecular weight excluding hydrogens is 400 g/mol. The fourth-order valence-electron chi connectivity index (χ4n) is 1.94. The molecule has 0 atom stereocenters. The average molecular weight is 413 g/mol. The van der Waals surface area contributed by atoms with E-state index < -0.39 is 0 Å². The lowest BCUT2D eigenvalue weighted by molar-refractivity contribution is 0.445. The van der Waals surface area contributed by atoms with Gasteiger partial charge >= 0.3 is 0 Å². The molecular formula is C11H13Br3N2. The van der Waals surface area contributed by atoms with Gasteiger partial charge in [-0.15, -0.1) is 0 Å². The van der Waals surface area contributed by atoms with Crippen LogP contribution < -0.4 is 4.90 Å². The van der Waals surface area contributed by atoms with Gasteiger partial charge in [0.2, 0.25) is 0 Å². The van der Waals surface area contributed by atoms with Crippen molar-refractivity contribution in [1.29, 1.82) is 0 Å². The Kier molecular flexibility index (Phi) is 4.67. The summed E-state index contributed by atoms with van der Waals surface area (Å²) in [5.41, 5.74) is 0. The first kappa shape index (κ1) is 12.8. The molecule has 0 aromatic carbocycles. The normalized spacial score (nSPS) is 17.8. The SMILES string of the molecule is BrCC1CCN(c2ncc(Br)cc2Br)CC1. The zero-order valence-electron chi connectivity index (χ0n) is 8.80. The van der Waals surface area contributed by atoms with Crippen LogP contribution in [0.2, 0.25) is 0 Å². The summed E-state index contributed by atoms with van der Waals surface area (Å²) in [6, 6.07) is 2.05. The molecule has 5 heteroatoms. The number of alkyl halides is 1. The highest BCUT2D eigenvalue weighted by molar-refractivity contribution is 9.11. The Morgan fingerprint density at radius 3 is 2.56 bits per heavy atom. The summed E-state index contributed by atoms with van der Waals surface area (Å²) in [6.45, 7) is 2.20. The van der Waals surface area contributed by atoms with Crippen molar-refractivity contribution >= 4 is 53.6 Å². The Bertz CT molecular complexity index is 362. The number of hydrogen-bond donors (Lipinski definition) is 0. The van der Waals surface area contributed by atoms with Gasteiger partial charge in [0.25, 0.3) is 0 Å². The molecule has 0 radical (unpaired) electrons. The van der Waals surface area contributed by atoms with Gasteiger partial charge in [-0.1, -0.05) is 15.9 Å². The van der Waals surface area contributed by atoms with E-state index in [4.69, 9.17) is 0 Å². The molecule has 1 aliphatic heterocycles. The van der Waals surface area contributed by atoms with Gasteiger partial charge in [-0.05, 0) is 56.7 Å². The lowest BCUT2D eigenvalue weighted by atomic mass is 9.99. The second-order valence-corrected chi connectivity index (χ2v) is 6.46. The molecule has 88 valence electrons. The van der Waals surface area contributed by atoms with Crippen LogP contribution in [0.15, 0.2) is 21.2 Å². The largest absolute Gasteiger partial charge is 0.356 e. The first-order valence-corrected chi connectivity index (χ1v) is 8.03. The van der Waals surface area contributed by atoms with Gasteiger partial charge in [-0.25, -0.2) is 4.98 Å². The Hall–Kier alpha value is 0.390. The molecule has 2 heterocycles. The van der Waals surface area contributed by atoms with Crippen molar-refractivity contribution in [1.82, 2.24) is 4.98 Å². The molecule has 0 spiro atoms. The van der Waals surface area contributed by atoms with Crippen molar-refractivity contribution in [3.63, 3.8) is 0 Å². The Labute approximate surface area is 121 Å². The maximum atomic E-state index is 4.47. The van der Waals surface area contributed by atoms with Crippen LogP contribution in [0.1, 0.15) is 12.8 Å². The number of aromatic nitrogens is 1. The molecule has 1 fully saturated rings. The van der Waals surface area contributed by atoms with E-state index in [1.165, 1.54) is 12.8 Å². The summed E-state index contributed by atoms with van der Waals surface area (Å²) >= 11 is 10.6. The highest BCUT2D eigenvalue weighted by atomic mass is 79.9. The van der Waals surface area contributed by atoms with E-state index in [0.717, 1.165) is 39.1 Å². The van der Waals surface area contributed by atoms with E-state index in [1.807, 2.05) is 6.20 Å². The van der Waals surface area contributed by atoms with E-state index in [9.17, 15) is 0 Å². The predicted molar refractivity (Wildman–Crippen MR) is 78.4 cm³/mol. The van der Waals surface area contributed by atoms with Crippen molar-refractivity contribution < 1.29 is 0 Å². The van der Waals surface area contributed by atoms with Crippen LogP contribution in [0.5, 0.6) is 0 Å². The summed E-state index contributed by atoms with van der Waals surface area (Å²) in [5.74, 6) is 1.89. The van der Waals surface area contributed by atoms with Crippen LogP contribution in [0, 0.1) is 5.92 Å². The third-order valence-electron chi connectivity index (χ3n) is 2.92. The smallest absolute Gasteiger partial charge is 0.142 e. The lowest BCUT2D eigenvalue weighted by Gasteiger charge is -2.32. The van der Waals surface area contributed by atoms with E-state index in [-0.39, 0.29) is 0 Å². The summed E-state index contributed by atoms with van der Waals surface area (Å²) in [4.78, 5) is 6.83. The minimum absolute atomic E-state index is 0.825. The Morgan fingerprint density at radius 1 is 1.31 bits per heavy atom. The molecule has 2 nitrogen and oxygen atoms in total. The third-order valence-corrected chi connectivity index (χ3v) is 4.85. The minimum Gasteiger partial charge on any atom is -0.356 e. The van der Waals surface area contributed by atoms with Gasteiger partial charge in [-0.2, -0.15) is 0 Å². The highest BCUT2D eigenvalue weighted by Crippen LogP contribution is 2.30. The number of nitrogens with zero attached hydrogens (tertiary/aromatic N) is 2. The van der Waals surface area contributed by atoms with Crippen molar-refractivity contribution in [2.45, 2.75) is 12.8 Å². The molecule has 1 aromatic heterocycles. The molecule has 0 N–H and O–H groups in total. The minimum atomic E-state index is 0.825. The standard InChI is InChI=1S/C11H13Br3N2/c12-6-8-1-3-16(4-2-8)11-10(14)5-9(13)7-15-11/h5,7-8H,1-4,6H2. The lowest BCUT2D eigenvalue weighted by Crippen LogP contribution is -2.34. The van der Waals surface area contributed by atoms with Crippen molar-refractivity contribution in [2.24, 2.45) is 5.92 Å². The average Bonchev–Trinajstić information content (AvgIpc) is 2.29. The van der Waals surface area contributed by atoms with Crippen molar-refractivity contribution in [3.8, 4) is 0 Å². The fourth-order valence-corrected chi connectivity index (χ4v) is 3.82. The van der Waals surface area contributed by atoms with Crippen LogP contribution in [0.3, 0.4) is 0 Å². The van der Waals surface area contributed by atoms with Crippen molar-refractivity contribution in [2.75, 3.05) is 23.3 Å². The monoisotopic (exact) mass is 410 g/mol. The van der Waals surface area contributed by atoms with Crippen LogP contribution >= 0.6 is 47.8 Å². The van der Waals surface area contributed by atoms with E-state index in [1.54, 1.807) is 0 Å². The van der Waals surface area contributed by atoms with Gasteiger partial charge in [0.05, 0.1) is 4.47 Å². The molecule has 0 saturated carbocycles. The van der Waals surface area contributed by atoms with Gasteiger partial charge in [-0.3, -0.25) is 0 Å². The van der Waals surface area contributed by atoms with E-state index in [2.05, 4.69) is 63.7 Å². The first-order valence-electron chi connectivity index (χ1n) is 5.32. The Balaban J connectivity index is 2.08. The number of pyridine rings is 1. The molecule has 16 heavy (non-hydrogen) atoms. The second-order valence-electron chi connectivity index (χ2n) is 4.04. The van der Waals surface area contributed by atoms with Gasteiger partial charge in [0, 0.05) is 29.1 Å². The Morgan fingerprint density at radius 2 is 2.00 bits per heavy atom.